The van der Waals surface area contributed by atoms with Gasteiger partial charge in [0.05, 0.1) is 30.8 Å². The van der Waals surface area contributed by atoms with Gasteiger partial charge in [0.25, 0.3) is 5.91 Å². The lowest BCUT2D eigenvalue weighted by molar-refractivity contribution is 0.0731. The molecule has 120 valence electrons. The summed E-state index contributed by atoms with van der Waals surface area (Å²) in [6, 6.07) is 11.4. The molecule has 0 aliphatic carbocycles. The van der Waals surface area contributed by atoms with Crippen LogP contribution in [0.3, 0.4) is 0 Å². The van der Waals surface area contributed by atoms with E-state index in [1.165, 1.54) is 0 Å². The Bertz CT molecular complexity index is 909. The first-order valence-electron chi connectivity index (χ1n) is 7.34. The zero-order chi connectivity index (χ0) is 16.4. The van der Waals surface area contributed by atoms with Gasteiger partial charge in [-0.25, -0.2) is 0 Å². The third-order valence-corrected chi connectivity index (χ3v) is 5.09. The van der Waals surface area contributed by atoms with Crippen molar-refractivity contribution >= 4 is 40.0 Å². The van der Waals surface area contributed by atoms with E-state index in [4.69, 9.17) is 4.42 Å². The summed E-state index contributed by atoms with van der Waals surface area (Å²) in [7, 11) is 0. The van der Waals surface area contributed by atoms with E-state index in [1.54, 1.807) is 29.9 Å². The Hall–Kier alpha value is -2.51. The van der Waals surface area contributed by atoms with Crippen LogP contribution >= 0.6 is 23.1 Å². The molecule has 24 heavy (non-hydrogen) atoms. The van der Waals surface area contributed by atoms with Gasteiger partial charge in [0.15, 0.2) is 0 Å². The molecule has 0 radical (unpaired) electrons. The molecular weight excluding hydrogens is 342 g/mol. The maximum atomic E-state index is 13.0. The van der Waals surface area contributed by atoms with Gasteiger partial charge in [0.1, 0.15) is 11.0 Å². The quantitative estimate of drug-likeness (QED) is 0.539. The number of fused-ring (bicyclic) bond motifs is 1. The second-order valence-electron chi connectivity index (χ2n) is 5.34. The molecule has 0 spiro atoms. The molecule has 5 nitrogen and oxygen atoms in total. The smallest absolute Gasteiger partial charge is 0.254 e. The molecule has 0 bridgehead atoms. The van der Waals surface area contributed by atoms with Crippen LogP contribution < -0.4 is 0 Å². The summed E-state index contributed by atoms with van der Waals surface area (Å²) in [4.78, 5) is 16.0. The van der Waals surface area contributed by atoms with Gasteiger partial charge in [-0.2, -0.15) is 8.75 Å². The van der Waals surface area contributed by atoms with Crippen LogP contribution in [0.25, 0.3) is 11.0 Å². The number of rotatable bonds is 5. The lowest BCUT2D eigenvalue weighted by Crippen LogP contribution is -2.29. The number of carbonyl (C=O) groups is 1. The first-order valence-corrected chi connectivity index (χ1v) is 8.95. The second kappa shape index (κ2) is 6.54. The maximum absolute atomic E-state index is 13.0. The van der Waals surface area contributed by atoms with Crippen LogP contribution in [0.4, 0.5) is 0 Å². The minimum absolute atomic E-state index is 0.0282. The summed E-state index contributed by atoms with van der Waals surface area (Å²) in [5, 5.41) is 2.02. The molecule has 0 atom stereocenters. The van der Waals surface area contributed by atoms with Crippen molar-refractivity contribution in [2.75, 3.05) is 0 Å². The van der Waals surface area contributed by atoms with Gasteiger partial charge in [0.2, 0.25) is 0 Å². The summed E-state index contributed by atoms with van der Waals surface area (Å²) in [5.41, 5.74) is 3.16. The van der Waals surface area contributed by atoms with E-state index in [-0.39, 0.29) is 5.91 Å². The SMILES string of the molecule is O=C(c1ccc2nsnc2c1)N(Cc1ccoc1)Cc1cccs1. The fraction of sp³-hybridized carbons (Fsp3) is 0.118. The maximum Gasteiger partial charge on any atom is 0.254 e. The fourth-order valence-corrected chi connectivity index (χ4v) is 3.73. The van der Waals surface area contributed by atoms with Crippen LogP contribution in [-0.2, 0) is 13.1 Å². The molecule has 1 aromatic carbocycles. The lowest BCUT2D eigenvalue weighted by Gasteiger charge is -2.21. The first kappa shape index (κ1) is 15.0. The molecule has 4 rings (SSSR count). The minimum Gasteiger partial charge on any atom is -0.472 e. The summed E-state index contributed by atoms with van der Waals surface area (Å²) < 4.78 is 13.5. The molecular formula is C17H13N3O2S2. The average molecular weight is 355 g/mol. The minimum atomic E-state index is -0.0282. The van der Waals surface area contributed by atoms with Crippen molar-refractivity contribution in [1.82, 2.24) is 13.6 Å². The number of benzene rings is 1. The van der Waals surface area contributed by atoms with Crippen LogP contribution in [0.1, 0.15) is 20.8 Å². The second-order valence-corrected chi connectivity index (χ2v) is 6.90. The van der Waals surface area contributed by atoms with E-state index < -0.39 is 0 Å². The molecule has 3 aromatic heterocycles. The van der Waals surface area contributed by atoms with E-state index >= 15 is 0 Å². The third-order valence-electron chi connectivity index (χ3n) is 3.67. The number of furan rings is 1. The average Bonchev–Trinajstić information content (AvgIpc) is 3.35. The van der Waals surface area contributed by atoms with E-state index in [2.05, 4.69) is 8.75 Å². The Kier molecular flexibility index (Phi) is 4.10. The Labute approximate surface area is 146 Å². The standard InChI is InChI=1S/C17H13N3O2S2/c21-17(13-3-4-15-16(8-13)19-24-18-15)20(9-12-5-6-22-11-12)10-14-2-1-7-23-14/h1-8,11H,9-10H2. The highest BCUT2D eigenvalue weighted by Crippen LogP contribution is 2.20. The van der Waals surface area contributed by atoms with Gasteiger partial charge in [-0.3, -0.25) is 4.79 Å². The van der Waals surface area contributed by atoms with Crippen LogP contribution in [0.2, 0.25) is 0 Å². The normalized spacial score (nSPS) is 11.0. The molecule has 0 unspecified atom stereocenters. The molecule has 0 N–H and O–H groups in total. The van der Waals surface area contributed by atoms with Crippen molar-refractivity contribution in [2.24, 2.45) is 0 Å². The summed E-state index contributed by atoms with van der Waals surface area (Å²) in [6.45, 7) is 1.07. The number of thiophene rings is 1. The lowest BCUT2D eigenvalue weighted by atomic mass is 10.1. The number of hydrogen-bond acceptors (Lipinski definition) is 6. The Morgan fingerprint density at radius 3 is 2.83 bits per heavy atom. The number of hydrogen-bond donors (Lipinski definition) is 0. The van der Waals surface area contributed by atoms with E-state index in [9.17, 15) is 4.79 Å². The van der Waals surface area contributed by atoms with E-state index in [0.29, 0.717) is 18.7 Å². The number of aromatic nitrogens is 2. The van der Waals surface area contributed by atoms with Crippen molar-refractivity contribution in [3.05, 3.63) is 70.3 Å². The summed E-state index contributed by atoms with van der Waals surface area (Å²) in [5.74, 6) is -0.0282. The van der Waals surface area contributed by atoms with Crippen LogP contribution in [0.5, 0.6) is 0 Å². The molecule has 0 fully saturated rings. The van der Waals surface area contributed by atoms with E-state index in [0.717, 1.165) is 33.2 Å². The van der Waals surface area contributed by atoms with Crippen molar-refractivity contribution in [2.45, 2.75) is 13.1 Å². The predicted molar refractivity (Wildman–Crippen MR) is 94.0 cm³/mol. The topological polar surface area (TPSA) is 59.2 Å². The van der Waals surface area contributed by atoms with Crippen molar-refractivity contribution in [3.63, 3.8) is 0 Å². The van der Waals surface area contributed by atoms with Crippen LogP contribution in [-0.4, -0.2) is 19.6 Å². The monoisotopic (exact) mass is 355 g/mol. The predicted octanol–water partition coefficient (Wildman–Crippen LogP) is 4.19. The molecule has 0 aliphatic rings. The fourth-order valence-electron chi connectivity index (χ4n) is 2.49. The molecule has 0 saturated carbocycles. The zero-order valence-corrected chi connectivity index (χ0v) is 14.2. The molecule has 7 heteroatoms. The highest BCUT2D eigenvalue weighted by atomic mass is 32.1. The van der Waals surface area contributed by atoms with Crippen molar-refractivity contribution in [1.29, 1.82) is 0 Å². The van der Waals surface area contributed by atoms with Gasteiger partial charge >= 0.3 is 0 Å². The third kappa shape index (κ3) is 3.08. The van der Waals surface area contributed by atoms with Gasteiger partial charge < -0.3 is 9.32 Å². The molecule has 4 aromatic rings. The van der Waals surface area contributed by atoms with Crippen LogP contribution in [0.15, 0.2) is 58.7 Å². The highest BCUT2D eigenvalue weighted by Gasteiger charge is 2.18. The Balaban J connectivity index is 1.64. The zero-order valence-electron chi connectivity index (χ0n) is 12.6. The number of nitrogens with zero attached hydrogens (tertiary/aromatic N) is 3. The largest absolute Gasteiger partial charge is 0.472 e. The van der Waals surface area contributed by atoms with E-state index in [1.807, 2.05) is 40.6 Å². The highest BCUT2D eigenvalue weighted by molar-refractivity contribution is 7.09. The Morgan fingerprint density at radius 2 is 2.04 bits per heavy atom. The van der Waals surface area contributed by atoms with Gasteiger partial charge in [-0.1, -0.05) is 6.07 Å². The van der Waals surface area contributed by atoms with Crippen molar-refractivity contribution < 1.29 is 9.21 Å². The summed E-state index contributed by atoms with van der Waals surface area (Å²) >= 11 is 2.80. The van der Waals surface area contributed by atoms with Crippen LogP contribution in [0, 0.1) is 0 Å². The van der Waals surface area contributed by atoms with Gasteiger partial charge in [-0.05, 0) is 35.7 Å². The molecule has 0 saturated heterocycles. The number of amides is 1. The Morgan fingerprint density at radius 1 is 1.12 bits per heavy atom. The first-order chi connectivity index (χ1) is 11.8. The number of carbonyl (C=O) groups excluding carboxylic acids is 1. The molecule has 3 heterocycles. The van der Waals surface area contributed by atoms with Gasteiger partial charge in [-0.15, -0.1) is 11.3 Å². The van der Waals surface area contributed by atoms with Crippen molar-refractivity contribution in [3.8, 4) is 0 Å². The van der Waals surface area contributed by atoms with Gasteiger partial charge in [0, 0.05) is 22.5 Å². The molecule has 1 amide bonds. The molecule has 0 aliphatic heterocycles. The summed E-state index contributed by atoms with van der Waals surface area (Å²) in [6.07, 6.45) is 3.29.